The van der Waals surface area contributed by atoms with Crippen molar-refractivity contribution < 1.29 is 33.6 Å². The lowest BCUT2D eigenvalue weighted by molar-refractivity contribution is -0.109. The number of hydrogen-bond donors (Lipinski definition) is 1. The summed E-state index contributed by atoms with van der Waals surface area (Å²) in [5, 5.41) is 9.44. The molecule has 1 aromatic heterocycles. The Kier molecular flexibility index (Phi) is 7.66. The van der Waals surface area contributed by atoms with Crippen molar-refractivity contribution in [2.75, 3.05) is 50.8 Å². The first kappa shape index (κ1) is 26.6. The number of hydrogen-bond acceptors (Lipinski definition) is 8. The summed E-state index contributed by atoms with van der Waals surface area (Å²) in [5.41, 5.74) is 1.62. The van der Waals surface area contributed by atoms with Gasteiger partial charge in [0.25, 0.3) is 0 Å². The first-order chi connectivity index (χ1) is 19.5. The fourth-order valence-corrected chi connectivity index (χ4v) is 5.91. The zero-order valence-corrected chi connectivity index (χ0v) is 22.5. The fraction of sp³-hybridized carbons (Fsp3) is 0.552. The number of pyridine rings is 1. The summed E-state index contributed by atoms with van der Waals surface area (Å²) < 4.78 is 23.4. The molecule has 4 heterocycles. The third-order valence-electron chi connectivity index (χ3n) is 8.32. The molecule has 11 nitrogen and oxygen atoms in total. The van der Waals surface area contributed by atoms with Crippen molar-refractivity contribution in [3.8, 4) is 5.88 Å². The molecule has 214 valence electrons. The molecule has 4 aliphatic rings. The van der Waals surface area contributed by atoms with Crippen molar-refractivity contribution in [1.29, 1.82) is 0 Å². The molecule has 2 amide bonds. The Morgan fingerprint density at radius 2 is 1.75 bits per heavy atom. The lowest BCUT2D eigenvalue weighted by Gasteiger charge is -2.55. The summed E-state index contributed by atoms with van der Waals surface area (Å²) >= 11 is 0. The maximum Gasteiger partial charge on any atom is 0.410 e. The van der Waals surface area contributed by atoms with Gasteiger partial charge in [-0.25, -0.2) is 14.6 Å². The van der Waals surface area contributed by atoms with Crippen molar-refractivity contribution in [3.63, 3.8) is 0 Å². The molecule has 1 saturated carbocycles. The maximum absolute atomic E-state index is 12.4. The Labute approximate surface area is 233 Å². The number of amides is 2. The fourth-order valence-electron chi connectivity index (χ4n) is 5.91. The number of benzene rings is 1. The van der Waals surface area contributed by atoms with Gasteiger partial charge in [-0.3, -0.25) is 0 Å². The van der Waals surface area contributed by atoms with E-state index in [0.717, 1.165) is 36.9 Å². The number of ether oxygens (including phenoxy) is 4. The van der Waals surface area contributed by atoms with E-state index in [1.165, 1.54) is 4.90 Å². The molecule has 0 radical (unpaired) electrons. The molecule has 1 spiro atoms. The average molecular weight is 553 g/mol. The highest BCUT2D eigenvalue weighted by Crippen LogP contribution is 2.36. The molecule has 0 bridgehead atoms. The summed E-state index contributed by atoms with van der Waals surface area (Å²) in [6, 6.07) is 13.6. The van der Waals surface area contributed by atoms with Crippen LogP contribution in [0.4, 0.5) is 15.3 Å². The highest BCUT2D eigenvalue weighted by atomic mass is 16.6. The van der Waals surface area contributed by atoms with Gasteiger partial charge in [0.2, 0.25) is 5.88 Å². The molecule has 1 N–H and O–H groups in total. The smallest absolute Gasteiger partial charge is 0.410 e. The number of carboxylic acid groups (broad SMARTS) is 1. The highest BCUT2D eigenvalue weighted by Gasteiger charge is 2.49. The van der Waals surface area contributed by atoms with Crippen LogP contribution in [0.2, 0.25) is 0 Å². The number of nitrogens with zero attached hydrogens (tertiary/aromatic N) is 4. The maximum atomic E-state index is 12.4. The second-order valence-electron chi connectivity index (χ2n) is 11.1. The van der Waals surface area contributed by atoms with E-state index in [1.807, 2.05) is 42.5 Å². The summed E-state index contributed by atoms with van der Waals surface area (Å²) in [4.78, 5) is 33.8. The number of carbonyl (C=O) groups excluding carboxylic acids is 1. The lowest BCUT2D eigenvalue weighted by Crippen LogP contribution is -2.72. The monoisotopic (exact) mass is 552 g/mol. The van der Waals surface area contributed by atoms with E-state index in [-0.39, 0.29) is 36.6 Å². The van der Waals surface area contributed by atoms with E-state index in [1.54, 1.807) is 11.1 Å². The van der Waals surface area contributed by atoms with Gasteiger partial charge in [0, 0.05) is 57.0 Å². The Bertz CT molecular complexity index is 1180. The summed E-state index contributed by atoms with van der Waals surface area (Å²) in [6.45, 7) is 4.04. The molecular formula is C29H36N4O7. The van der Waals surface area contributed by atoms with Crippen LogP contribution in [0.1, 0.15) is 31.2 Å². The van der Waals surface area contributed by atoms with Gasteiger partial charge in [-0.1, -0.05) is 30.3 Å². The number of carbonyl (C=O) groups is 2. The number of aromatic nitrogens is 1. The topological polar surface area (TPSA) is 114 Å². The minimum atomic E-state index is -0.890. The van der Waals surface area contributed by atoms with Gasteiger partial charge in [0.15, 0.2) is 0 Å². The molecule has 3 saturated heterocycles. The van der Waals surface area contributed by atoms with Crippen LogP contribution in [0.15, 0.2) is 48.7 Å². The van der Waals surface area contributed by atoms with Crippen molar-refractivity contribution in [2.45, 2.75) is 56.1 Å². The van der Waals surface area contributed by atoms with Crippen LogP contribution in [-0.4, -0.2) is 102 Å². The zero-order chi connectivity index (χ0) is 27.5. The summed E-state index contributed by atoms with van der Waals surface area (Å²) in [5.74, 6) is 0.569. The number of piperazine rings is 1. The second-order valence-corrected chi connectivity index (χ2v) is 11.1. The van der Waals surface area contributed by atoms with Crippen LogP contribution in [0.5, 0.6) is 5.88 Å². The Morgan fingerprint density at radius 1 is 0.975 bits per heavy atom. The predicted octanol–water partition coefficient (Wildman–Crippen LogP) is 3.38. The molecule has 6 rings (SSSR count). The Hall–Kier alpha value is -3.57. The first-order valence-corrected chi connectivity index (χ1v) is 14.0. The van der Waals surface area contributed by atoms with Gasteiger partial charge in [0.05, 0.1) is 32.0 Å². The predicted molar refractivity (Wildman–Crippen MR) is 144 cm³/mol. The molecular weight excluding hydrogens is 516 g/mol. The Balaban J connectivity index is 0.928. The van der Waals surface area contributed by atoms with Crippen molar-refractivity contribution in [1.82, 2.24) is 14.8 Å². The number of likely N-dealkylation sites (tertiary alicyclic amines) is 1. The van der Waals surface area contributed by atoms with Crippen molar-refractivity contribution in [3.05, 3.63) is 54.2 Å². The minimum Gasteiger partial charge on any atom is -0.474 e. The molecule has 3 aliphatic heterocycles. The van der Waals surface area contributed by atoms with Gasteiger partial charge < -0.3 is 38.8 Å². The molecule has 1 aromatic carbocycles. The third kappa shape index (κ3) is 5.80. The van der Waals surface area contributed by atoms with E-state index < -0.39 is 6.09 Å². The standard InChI is InChI=1S/C29H36N4O7/c34-27(35)32-12-13-33(29(18-32)19-37-20-29)22-6-9-30-26(14-22)40-25-15-24(16-25)39-23-7-10-31(11-8-23)28(36)38-17-21-4-2-1-3-5-21/h1-6,9,14,23-25H,7-8,10-13,15-20H2,(H,34,35). The average Bonchev–Trinajstić information content (AvgIpc) is 2.94. The number of anilines is 1. The van der Waals surface area contributed by atoms with Crippen molar-refractivity contribution >= 4 is 17.9 Å². The summed E-state index contributed by atoms with van der Waals surface area (Å²) in [6.07, 6.45) is 4.12. The molecule has 2 aromatic rings. The largest absolute Gasteiger partial charge is 0.474 e. The van der Waals surface area contributed by atoms with Gasteiger partial charge >= 0.3 is 12.2 Å². The lowest BCUT2D eigenvalue weighted by atomic mass is 9.91. The van der Waals surface area contributed by atoms with E-state index in [2.05, 4.69) is 9.88 Å². The van der Waals surface area contributed by atoms with Crippen LogP contribution in [0.3, 0.4) is 0 Å². The Morgan fingerprint density at radius 3 is 2.45 bits per heavy atom. The number of rotatable bonds is 7. The molecule has 1 aliphatic carbocycles. The van der Waals surface area contributed by atoms with E-state index >= 15 is 0 Å². The zero-order valence-electron chi connectivity index (χ0n) is 22.5. The minimum absolute atomic E-state index is 0.0469. The molecule has 40 heavy (non-hydrogen) atoms. The van der Waals surface area contributed by atoms with E-state index in [9.17, 15) is 14.7 Å². The third-order valence-corrected chi connectivity index (χ3v) is 8.32. The highest BCUT2D eigenvalue weighted by molar-refractivity contribution is 5.68. The molecule has 11 heteroatoms. The van der Waals surface area contributed by atoms with Crippen LogP contribution in [0.25, 0.3) is 0 Å². The SMILES string of the molecule is O=C(O)N1CCN(c2ccnc(OC3CC(OC4CCN(C(=O)OCc5ccccc5)CC4)C3)c2)C2(COC2)C1. The number of piperidine rings is 1. The van der Waals surface area contributed by atoms with Gasteiger partial charge in [0.1, 0.15) is 18.2 Å². The van der Waals surface area contributed by atoms with Crippen molar-refractivity contribution in [2.24, 2.45) is 0 Å². The van der Waals surface area contributed by atoms with E-state index in [0.29, 0.717) is 51.8 Å². The first-order valence-electron chi connectivity index (χ1n) is 14.0. The quantitative estimate of drug-likeness (QED) is 0.552. The van der Waals surface area contributed by atoms with Crippen LogP contribution < -0.4 is 9.64 Å². The van der Waals surface area contributed by atoms with Gasteiger partial charge in [-0.2, -0.15) is 0 Å². The van der Waals surface area contributed by atoms with Crippen LogP contribution in [-0.2, 0) is 20.8 Å². The molecule has 4 fully saturated rings. The molecule has 0 atom stereocenters. The van der Waals surface area contributed by atoms with Gasteiger partial charge in [-0.15, -0.1) is 0 Å². The van der Waals surface area contributed by atoms with Crippen LogP contribution in [0, 0.1) is 0 Å². The van der Waals surface area contributed by atoms with E-state index in [4.69, 9.17) is 18.9 Å². The normalized spacial score (nSPS) is 24.2. The summed E-state index contributed by atoms with van der Waals surface area (Å²) in [7, 11) is 0. The molecule has 0 unspecified atom stereocenters. The van der Waals surface area contributed by atoms with Crippen LogP contribution >= 0.6 is 0 Å². The van der Waals surface area contributed by atoms with Gasteiger partial charge in [-0.05, 0) is 24.5 Å². The second kappa shape index (κ2) is 11.5.